The Kier molecular flexibility index (Phi) is 3.74. The van der Waals surface area contributed by atoms with E-state index in [2.05, 4.69) is 94.1 Å². The van der Waals surface area contributed by atoms with Crippen LogP contribution in [-0.2, 0) is 26.2 Å². The zero-order valence-corrected chi connectivity index (χ0v) is 14.4. The van der Waals surface area contributed by atoms with Crippen molar-refractivity contribution in [2.45, 2.75) is 26.2 Å². The molecule has 130 valence electrons. The minimum Gasteiger partial charge on any atom is -0.347 e. The van der Waals surface area contributed by atoms with Gasteiger partial charge < -0.3 is 19.6 Å². The van der Waals surface area contributed by atoms with Gasteiger partial charge in [0.15, 0.2) is 0 Å². The number of aromatic nitrogens is 2. The maximum absolute atomic E-state index is 4.82. The highest BCUT2D eigenvalue weighted by Crippen LogP contribution is 2.20. The summed E-state index contributed by atoms with van der Waals surface area (Å²) >= 11 is 0. The topological polar surface area (TPSA) is 38.7 Å². The molecule has 0 amide bonds. The lowest BCUT2D eigenvalue weighted by molar-refractivity contribution is 0.319. The molecular formula is C20H20N6. The molecule has 3 aliphatic heterocycles. The van der Waals surface area contributed by atoms with E-state index in [0.717, 1.165) is 49.0 Å². The highest BCUT2D eigenvalue weighted by atomic mass is 15.4. The maximum atomic E-state index is 4.82. The van der Waals surface area contributed by atoms with Crippen LogP contribution in [0.5, 0.6) is 0 Å². The Hall–Kier alpha value is -3.02. The van der Waals surface area contributed by atoms with Gasteiger partial charge in [0.05, 0.1) is 49.0 Å². The van der Waals surface area contributed by atoms with Crippen molar-refractivity contribution in [1.29, 1.82) is 0 Å². The van der Waals surface area contributed by atoms with Crippen LogP contribution in [0.2, 0.25) is 0 Å². The zero-order chi connectivity index (χ0) is 17.3. The summed E-state index contributed by atoms with van der Waals surface area (Å²) in [7, 11) is 0. The number of pyridine rings is 2. The summed E-state index contributed by atoms with van der Waals surface area (Å²) in [4.78, 5) is 18.3. The van der Waals surface area contributed by atoms with E-state index >= 15 is 0 Å². The molecule has 0 unspecified atom stereocenters. The van der Waals surface area contributed by atoms with Crippen LogP contribution < -0.4 is 0 Å². The number of rotatable bonds is 0. The Bertz CT molecular complexity index is 731. The van der Waals surface area contributed by atoms with Crippen LogP contribution in [0.15, 0.2) is 61.2 Å². The third kappa shape index (κ3) is 3.22. The van der Waals surface area contributed by atoms with Gasteiger partial charge in [-0.25, -0.2) is 0 Å². The molecule has 0 saturated carbocycles. The van der Waals surface area contributed by atoms with Gasteiger partial charge in [0.2, 0.25) is 0 Å². The largest absolute Gasteiger partial charge is 0.347 e. The van der Waals surface area contributed by atoms with Gasteiger partial charge in [-0.05, 0) is 24.3 Å². The lowest BCUT2D eigenvalue weighted by Crippen LogP contribution is -2.22. The number of nitrogens with zero attached hydrogens (tertiary/aromatic N) is 6. The number of hydrogen-bond donors (Lipinski definition) is 0. The first-order valence-electron chi connectivity index (χ1n) is 8.79. The Morgan fingerprint density at radius 3 is 1.12 bits per heavy atom. The Morgan fingerprint density at radius 1 is 0.500 bits per heavy atom. The molecule has 8 bridgehead atoms. The summed E-state index contributed by atoms with van der Waals surface area (Å²) in [6.45, 7) is 7.28. The molecular weight excluding hydrogens is 324 g/mol. The SMILES string of the molecule is [CH]1N2C=CN1Cc1cccc(n1)CN1[CH]N(C=C1)Cc1cccc(n1)C2. The van der Waals surface area contributed by atoms with Crippen molar-refractivity contribution in [2.24, 2.45) is 0 Å². The molecule has 0 spiro atoms. The van der Waals surface area contributed by atoms with E-state index in [1.807, 2.05) is 0 Å². The minimum absolute atomic E-state index is 0.764. The molecule has 0 aliphatic carbocycles. The van der Waals surface area contributed by atoms with Gasteiger partial charge in [0.25, 0.3) is 0 Å². The van der Waals surface area contributed by atoms with Gasteiger partial charge in [-0.2, -0.15) is 0 Å². The van der Waals surface area contributed by atoms with Crippen molar-refractivity contribution in [3.8, 4) is 0 Å². The Labute approximate surface area is 153 Å². The molecule has 0 atom stereocenters. The fourth-order valence-corrected chi connectivity index (χ4v) is 3.41. The van der Waals surface area contributed by atoms with Crippen LogP contribution in [0.1, 0.15) is 22.8 Å². The van der Waals surface area contributed by atoms with Crippen molar-refractivity contribution in [2.75, 3.05) is 0 Å². The first-order chi connectivity index (χ1) is 12.8. The van der Waals surface area contributed by atoms with E-state index in [4.69, 9.17) is 9.97 Å². The van der Waals surface area contributed by atoms with Gasteiger partial charge in [-0.1, -0.05) is 12.1 Å². The van der Waals surface area contributed by atoms with Crippen LogP contribution in [-0.4, -0.2) is 29.6 Å². The molecule has 0 N–H and O–H groups in total. The average Bonchev–Trinajstić information content (AvgIpc) is 3.24. The third-order valence-electron chi connectivity index (χ3n) is 4.60. The lowest BCUT2D eigenvalue weighted by Gasteiger charge is -2.22. The van der Waals surface area contributed by atoms with Crippen molar-refractivity contribution in [3.63, 3.8) is 0 Å². The van der Waals surface area contributed by atoms with Crippen molar-refractivity contribution in [3.05, 3.63) is 97.3 Å². The van der Waals surface area contributed by atoms with E-state index in [-0.39, 0.29) is 0 Å². The normalized spacial score (nSPS) is 18.8. The summed E-state index contributed by atoms with van der Waals surface area (Å²) in [5.74, 6) is 0. The van der Waals surface area contributed by atoms with Gasteiger partial charge in [-0.15, -0.1) is 0 Å². The third-order valence-corrected chi connectivity index (χ3v) is 4.60. The molecule has 26 heavy (non-hydrogen) atoms. The summed E-state index contributed by atoms with van der Waals surface area (Å²) in [6, 6.07) is 12.5. The summed E-state index contributed by atoms with van der Waals surface area (Å²) in [5, 5.41) is 0. The molecule has 0 aromatic carbocycles. The Morgan fingerprint density at radius 2 is 0.808 bits per heavy atom. The van der Waals surface area contributed by atoms with E-state index in [1.54, 1.807) is 0 Å². The molecule has 0 saturated heterocycles. The van der Waals surface area contributed by atoms with E-state index < -0.39 is 0 Å². The Balaban J connectivity index is 1.44. The number of hydrogen-bond acceptors (Lipinski definition) is 6. The maximum Gasteiger partial charge on any atom is 0.142 e. The zero-order valence-electron chi connectivity index (χ0n) is 14.4. The molecule has 5 heterocycles. The highest BCUT2D eigenvalue weighted by molar-refractivity contribution is 5.17. The van der Waals surface area contributed by atoms with Gasteiger partial charge >= 0.3 is 0 Å². The van der Waals surface area contributed by atoms with Crippen LogP contribution >= 0.6 is 0 Å². The molecule has 2 aromatic heterocycles. The van der Waals surface area contributed by atoms with Crippen LogP contribution in [0.3, 0.4) is 0 Å². The van der Waals surface area contributed by atoms with Crippen LogP contribution in [0.4, 0.5) is 0 Å². The second-order valence-corrected chi connectivity index (χ2v) is 6.76. The molecule has 0 fully saturated rings. The van der Waals surface area contributed by atoms with E-state index in [0.29, 0.717) is 0 Å². The first kappa shape index (κ1) is 15.3. The summed E-state index contributed by atoms with van der Waals surface area (Å²) < 4.78 is 0. The smallest absolute Gasteiger partial charge is 0.142 e. The molecule has 3 aliphatic rings. The minimum atomic E-state index is 0.764. The second-order valence-electron chi connectivity index (χ2n) is 6.76. The van der Waals surface area contributed by atoms with E-state index in [9.17, 15) is 0 Å². The van der Waals surface area contributed by atoms with Crippen LogP contribution in [0.25, 0.3) is 0 Å². The highest BCUT2D eigenvalue weighted by Gasteiger charge is 2.18. The summed E-state index contributed by atoms with van der Waals surface area (Å²) in [6.07, 6.45) is 8.35. The predicted molar refractivity (Wildman–Crippen MR) is 97.5 cm³/mol. The second kappa shape index (κ2) is 6.37. The van der Waals surface area contributed by atoms with E-state index in [1.165, 1.54) is 0 Å². The van der Waals surface area contributed by atoms with Gasteiger partial charge in [0, 0.05) is 24.8 Å². The molecule has 5 rings (SSSR count). The van der Waals surface area contributed by atoms with Crippen LogP contribution in [0, 0.1) is 13.3 Å². The van der Waals surface area contributed by atoms with Crippen molar-refractivity contribution in [1.82, 2.24) is 29.6 Å². The lowest BCUT2D eigenvalue weighted by atomic mass is 10.2. The molecule has 6 nitrogen and oxygen atoms in total. The monoisotopic (exact) mass is 344 g/mol. The van der Waals surface area contributed by atoms with Gasteiger partial charge in [-0.3, -0.25) is 9.97 Å². The molecule has 2 aromatic rings. The molecule has 2 radical (unpaired) electrons. The fraction of sp³-hybridized carbons (Fsp3) is 0.200. The van der Waals surface area contributed by atoms with Crippen molar-refractivity contribution < 1.29 is 0 Å². The fourth-order valence-electron chi connectivity index (χ4n) is 3.41. The number of fused-ring (bicyclic) bond motifs is 8. The first-order valence-corrected chi connectivity index (χ1v) is 8.79. The van der Waals surface area contributed by atoms with Crippen molar-refractivity contribution >= 4 is 0 Å². The summed E-state index contributed by atoms with van der Waals surface area (Å²) in [5.41, 5.74) is 4.27. The quantitative estimate of drug-likeness (QED) is 0.731. The molecule has 6 heteroatoms. The standard InChI is InChI=1S/C20H20N6/c1-3-17-11-23-7-9-25(15-23)13-19-5-2-6-20(22-19)14-26-10-8-24(16-26)12-18(4-1)21-17/h1-10,15-16H,11-14H2. The van der Waals surface area contributed by atoms with Gasteiger partial charge in [0.1, 0.15) is 13.3 Å². The average molecular weight is 344 g/mol. The predicted octanol–water partition coefficient (Wildman–Crippen LogP) is 2.61.